The summed E-state index contributed by atoms with van der Waals surface area (Å²) in [5, 5.41) is 11.0. The molecule has 5 rings (SSSR count). The topological polar surface area (TPSA) is 191 Å². The summed E-state index contributed by atoms with van der Waals surface area (Å²) in [6, 6.07) is 28.4. The van der Waals surface area contributed by atoms with Crippen LogP contribution in [0.4, 0.5) is 14.0 Å². The summed E-state index contributed by atoms with van der Waals surface area (Å²) >= 11 is 0. The Morgan fingerprint density at radius 2 is 1.25 bits per heavy atom. The molecule has 1 saturated heterocycles. The number of nitrogens with one attached hydrogen (secondary N) is 4. The molecule has 0 aliphatic carbocycles. The normalized spacial score (nSPS) is 15.4. The number of imide groups is 1. The van der Waals surface area contributed by atoms with E-state index >= 15 is 0 Å². The van der Waals surface area contributed by atoms with Gasteiger partial charge in [0.15, 0.2) is 6.10 Å². The number of carbonyl (C=O) groups is 6. The highest BCUT2D eigenvalue weighted by Gasteiger charge is 2.38. The van der Waals surface area contributed by atoms with Gasteiger partial charge in [-0.05, 0) is 80.3 Å². The molecule has 364 valence electrons. The SMILES string of the molecule is CO[C@H](C(=O)OC(CC(Cc1ccc(F)cc1)C(=O)NC(C(=O)NC(Cc1ccccc1)C(=O)NC(=O)N1CCOCC1)C(C)C)C(Cc1ccccc1)NC(=O)OC(C)(C)C)c1ccccc1. The van der Waals surface area contributed by atoms with Gasteiger partial charge < -0.3 is 39.8 Å². The van der Waals surface area contributed by atoms with Gasteiger partial charge in [-0.1, -0.05) is 117 Å². The first kappa shape index (κ1) is 52.3. The number of benzene rings is 4. The van der Waals surface area contributed by atoms with Gasteiger partial charge in [-0.2, -0.15) is 0 Å². The van der Waals surface area contributed by atoms with Gasteiger partial charge in [0.1, 0.15) is 29.6 Å². The molecule has 6 amide bonds. The van der Waals surface area contributed by atoms with E-state index in [1.54, 1.807) is 89.2 Å². The number of methoxy groups -OCH3 is 1. The largest absolute Gasteiger partial charge is 0.458 e. The molecule has 4 N–H and O–H groups in total. The van der Waals surface area contributed by atoms with Gasteiger partial charge in [-0.15, -0.1) is 0 Å². The Labute approximate surface area is 397 Å². The molecule has 0 saturated carbocycles. The lowest BCUT2D eigenvalue weighted by atomic mass is 9.88. The second kappa shape index (κ2) is 25.5. The van der Waals surface area contributed by atoms with E-state index in [1.807, 2.05) is 36.4 Å². The summed E-state index contributed by atoms with van der Waals surface area (Å²) < 4.78 is 37.2. The minimum absolute atomic E-state index is 0.00776. The molecule has 4 aromatic rings. The molecule has 0 spiro atoms. The maximum Gasteiger partial charge on any atom is 0.408 e. The highest BCUT2D eigenvalue weighted by molar-refractivity contribution is 5.99. The molecule has 68 heavy (non-hydrogen) atoms. The van der Waals surface area contributed by atoms with E-state index in [-0.39, 0.29) is 25.7 Å². The number of amides is 6. The molecule has 4 aromatic carbocycles. The van der Waals surface area contributed by atoms with Crippen molar-refractivity contribution in [3.05, 3.63) is 143 Å². The van der Waals surface area contributed by atoms with Gasteiger partial charge in [0.25, 0.3) is 5.91 Å². The lowest BCUT2D eigenvalue weighted by molar-refractivity contribution is -0.164. The fourth-order valence-electron chi connectivity index (χ4n) is 7.74. The van der Waals surface area contributed by atoms with E-state index < -0.39 is 89.4 Å². The summed E-state index contributed by atoms with van der Waals surface area (Å²) in [6.07, 6.45) is -3.23. The molecular weight excluding hydrogens is 874 g/mol. The second-order valence-electron chi connectivity index (χ2n) is 18.1. The third-order valence-electron chi connectivity index (χ3n) is 11.2. The lowest BCUT2D eigenvalue weighted by Gasteiger charge is -2.33. The summed E-state index contributed by atoms with van der Waals surface area (Å²) in [5.74, 6) is -4.93. The average molecular weight is 938 g/mol. The van der Waals surface area contributed by atoms with Crippen LogP contribution in [0.1, 0.15) is 69.4 Å². The molecule has 5 unspecified atom stereocenters. The van der Waals surface area contributed by atoms with Crippen LogP contribution < -0.4 is 21.3 Å². The van der Waals surface area contributed by atoms with Crippen LogP contribution in [0.15, 0.2) is 115 Å². The monoisotopic (exact) mass is 937 g/mol. The minimum Gasteiger partial charge on any atom is -0.458 e. The van der Waals surface area contributed by atoms with Crippen molar-refractivity contribution in [2.45, 2.75) is 96.2 Å². The molecule has 16 heteroatoms. The van der Waals surface area contributed by atoms with Crippen molar-refractivity contribution < 1.29 is 52.1 Å². The van der Waals surface area contributed by atoms with Crippen LogP contribution in [0.2, 0.25) is 0 Å². The predicted octanol–water partition coefficient (Wildman–Crippen LogP) is 6.25. The fraction of sp³-hybridized carbons (Fsp3) is 0.423. The smallest absolute Gasteiger partial charge is 0.408 e. The Morgan fingerprint density at radius 1 is 0.691 bits per heavy atom. The second-order valence-corrected chi connectivity index (χ2v) is 18.1. The molecule has 6 atom stereocenters. The van der Waals surface area contributed by atoms with Crippen LogP contribution in [-0.4, -0.2) is 104 Å². The quantitative estimate of drug-likeness (QED) is 0.0738. The number of hydrogen-bond acceptors (Lipinski definition) is 10. The zero-order chi connectivity index (χ0) is 49.2. The van der Waals surface area contributed by atoms with Crippen molar-refractivity contribution in [2.24, 2.45) is 11.8 Å². The van der Waals surface area contributed by atoms with Crippen molar-refractivity contribution in [2.75, 3.05) is 33.4 Å². The summed E-state index contributed by atoms with van der Waals surface area (Å²) in [4.78, 5) is 85.5. The number of carbonyl (C=O) groups excluding carboxylic acids is 6. The minimum atomic E-state index is -1.22. The van der Waals surface area contributed by atoms with Gasteiger partial charge in [0.05, 0.1) is 19.3 Å². The van der Waals surface area contributed by atoms with Gasteiger partial charge in [0, 0.05) is 32.5 Å². The number of esters is 1. The first-order valence-electron chi connectivity index (χ1n) is 22.9. The maximum absolute atomic E-state index is 14.9. The van der Waals surface area contributed by atoms with Crippen LogP contribution in [0.3, 0.4) is 0 Å². The number of alkyl carbamates (subject to hydrolysis) is 1. The zero-order valence-corrected chi connectivity index (χ0v) is 39.6. The first-order chi connectivity index (χ1) is 32.5. The molecule has 1 aliphatic rings. The van der Waals surface area contributed by atoms with Gasteiger partial charge in [-0.3, -0.25) is 19.7 Å². The highest BCUT2D eigenvalue weighted by Crippen LogP contribution is 2.26. The molecule has 1 aliphatic heterocycles. The van der Waals surface area contributed by atoms with Crippen molar-refractivity contribution in [3.8, 4) is 0 Å². The molecule has 0 aromatic heterocycles. The van der Waals surface area contributed by atoms with E-state index in [1.165, 1.54) is 36.3 Å². The Morgan fingerprint density at radius 3 is 1.81 bits per heavy atom. The van der Waals surface area contributed by atoms with E-state index in [2.05, 4.69) is 21.3 Å². The summed E-state index contributed by atoms with van der Waals surface area (Å²) in [6.45, 7) is 9.82. The summed E-state index contributed by atoms with van der Waals surface area (Å²) in [7, 11) is 1.37. The van der Waals surface area contributed by atoms with Gasteiger partial charge in [0.2, 0.25) is 11.8 Å². The van der Waals surface area contributed by atoms with Crippen molar-refractivity contribution >= 4 is 35.8 Å². The third-order valence-corrected chi connectivity index (χ3v) is 11.2. The maximum atomic E-state index is 14.9. The van der Waals surface area contributed by atoms with E-state index in [9.17, 15) is 33.2 Å². The van der Waals surface area contributed by atoms with Crippen molar-refractivity contribution in [1.29, 1.82) is 0 Å². The van der Waals surface area contributed by atoms with Crippen molar-refractivity contribution in [3.63, 3.8) is 0 Å². The molecule has 0 bridgehead atoms. The lowest BCUT2D eigenvalue weighted by Crippen LogP contribution is -2.58. The Balaban J connectivity index is 1.49. The third kappa shape index (κ3) is 16.6. The number of halogens is 1. The fourth-order valence-corrected chi connectivity index (χ4v) is 7.74. The Hall–Kier alpha value is -6.65. The molecule has 15 nitrogen and oxygen atoms in total. The first-order valence-corrected chi connectivity index (χ1v) is 22.9. The van der Waals surface area contributed by atoms with E-state index in [0.29, 0.717) is 43.0 Å². The number of nitrogens with zero attached hydrogens (tertiary/aromatic N) is 1. The van der Waals surface area contributed by atoms with Crippen LogP contribution >= 0.6 is 0 Å². The molecular formula is C52H64FN5O10. The number of hydrogen-bond donors (Lipinski definition) is 4. The molecule has 0 radical (unpaired) electrons. The predicted molar refractivity (Wildman–Crippen MR) is 252 cm³/mol. The average Bonchev–Trinajstić information content (AvgIpc) is 3.31. The highest BCUT2D eigenvalue weighted by atomic mass is 19.1. The zero-order valence-electron chi connectivity index (χ0n) is 39.6. The summed E-state index contributed by atoms with van der Waals surface area (Å²) in [5.41, 5.74) is 1.67. The van der Waals surface area contributed by atoms with Crippen molar-refractivity contribution in [1.82, 2.24) is 26.2 Å². The molecule has 1 fully saturated rings. The van der Waals surface area contributed by atoms with Crippen LogP contribution in [0, 0.1) is 17.7 Å². The van der Waals surface area contributed by atoms with Crippen LogP contribution in [0.5, 0.6) is 0 Å². The molecule has 1 heterocycles. The number of morpholine rings is 1. The van der Waals surface area contributed by atoms with Crippen LogP contribution in [-0.2, 0) is 57.4 Å². The van der Waals surface area contributed by atoms with E-state index in [0.717, 1.165) is 5.56 Å². The van der Waals surface area contributed by atoms with Crippen LogP contribution in [0.25, 0.3) is 0 Å². The number of rotatable bonds is 20. The number of urea groups is 1. The standard InChI is InChI=1S/C52H64FN5O10/c1-34(2)44(48(61)54-42(32-36-18-12-8-13-19-36)47(60)57-50(63)58-26-28-66-29-27-58)56-46(59)39(30-37-22-24-40(53)25-23-37)33-43(67-49(62)45(65-6)38-20-14-9-15-21-38)41(31-35-16-10-7-11-17-35)55-51(64)68-52(3,4)5/h7-25,34,39,41-45H,26-33H2,1-6H3,(H,54,61)(H,55,64)(H,56,59)(H,57,60,63)/t39?,41?,42?,43?,44?,45-/m0/s1. The Kier molecular flexibility index (Phi) is 19.6. The van der Waals surface area contributed by atoms with E-state index in [4.69, 9.17) is 18.9 Å². The number of ether oxygens (including phenoxy) is 4. The van der Waals surface area contributed by atoms with Gasteiger partial charge >= 0.3 is 18.1 Å². The Bertz CT molecular complexity index is 2250. The van der Waals surface area contributed by atoms with Gasteiger partial charge in [-0.25, -0.2) is 18.8 Å².